The number of carbonyl (C=O) groups is 2. The van der Waals surface area contributed by atoms with Crippen molar-refractivity contribution in [2.45, 2.75) is 39.2 Å². The number of carbonyl (C=O) groups excluding carboxylic acids is 1. The molecule has 0 bridgehead atoms. The highest BCUT2D eigenvalue weighted by Gasteiger charge is 2.41. The van der Waals surface area contributed by atoms with Gasteiger partial charge >= 0.3 is 12.0 Å². The maximum Gasteiger partial charge on any atom is 0.317 e. The van der Waals surface area contributed by atoms with Crippen LogP contribution >= 0.6 is 0 Å². The van der Waals surface area contributed by atoms with E-state index in [1.54, 1.807) is 23.5 Å². The first-order chi connectivity index (χ1) is 10.1. The number of urea groups is 1. The maximum atomic E-state index is 12.1. The monoisotopic (exact) mass is 294 g/mol. The molecule has 116 valence electrons. The number of furan rings is 1. The molecule has 0 aliphatic carbocycles. The van der Waals surface area contributed by atoms with Crippen LogP contribution in [-0.2, 0) is 11.3 Å². The van der Waals surface area contributed by atoms with Crippen LogP contribution in [0.4, 0.5) is 4.79 Å². The Balaban J connectivity index is 1.85. The minimum Gasteiger partial charge on any atom is -0.481 e. The van der Waals surface area contributed by atoms with E-state index < -0.39 is 11.4 Å². The lowest BCUT2D eigenvalue weighted by Crippen LogP contribution is -2.49. The van der Waals surface area contributed by atoms with Gasteiger partial charge in [-0.25, -0.2) is 4.79 Å². The molecule has 6 nitrogen and oxygen atoms in total. The van der Waals surface area contributed by atoms with Gasteiger partial charge in [0.15, 0.2) is 0 Å². The van der Waals surface area contributed by atoms with E-state index in [0.717, 1.165) is 12.0 Å². The van der Waals surface area contributed by atoms with Gasteiger partial charge in [-0.15, -0.1) is 0 Å². The Morgan fingerprint density at radius 1 is 1.43 bits per heavy atom. The smallest absolute Gasteiger partial charge is 0.317 e. The first kappa shape index (κ1) is 15.4. The van der Waals surface area contributed by atoms with Crippen molar-refractivity contribution in [1.82, 2.24) is 10.2 Å². The second-order valence-electron chi connectivity index (χ2n) is 5.61. The number of aliphatic carboxylic acids is 1. The number of rotatable bonds is 5. The van der Waals surface area contributed by atoms with Gasteiger partial charge in [0.1, 0.15) is 0 Å². The zero-order chi connectivity index (χ0) is 15.3. The molecule has 0 aromatic carbocycles. The van der Waals surface area contributed by atoms with Gasteiger partial charge in [-0.1, -0.05) is 13.3 Å². The summed E-state index contributed by atoms with van der Waals surface area (Å²) in [6, 6.07) is 1.65. The molecule has 1 saturated heterocycles. The van der Waals surface area contributed by atoms with Crippen molar-refractivity contribution in [1.29, 1.82) is 0 Å². The predicted molar refractivity (Wildman–Crippen MR) is 76.7 cm³/mol. The molecule has 2 heterocycles. The van der Waals surface area contributed by atoms with E-state index in [1.165, 1.54) is 0 Å². The Kier molecular flexibility index (Phi) is 4.88. The molecule has 2 rings (SSSR count). The zero-order valence-corrected chi connectivity index (χ0v) is 12.3. The van der Waals surface area contributed by atoms with Crippen LogP contribution in [0.1, 0.15) is 38.2 Å². The lowest BCUT2D eigenvalue weighted by Gasteiger charge is -2.38. The third-order valence-electron chi connectivity index (χ3n) is 4.21. The lowest BCUT2D eigenvalue weighted by molar-refractivity contribution is -0.152. The fraction of sp³-hybridized carbons (Fsp3) is 0.600. The second-order valence-corrected chi connectivity index (χ2v) is 5.61. The summed E-state index contributed by atoms with van der Waals surface area (Å²) in [4.78, 5) is 25.3. The van der Waals surface area contributed by atoms with Crippen LogP contribution in [0.2, 0.25) is 0 Å². The van der Waals surface area contributed by atoms with Gasteiger partial charge in [0, 0.05) is 25.2 Å². The topological polar surface area (TPSA) is 82.8 Å². The van der Waals surface area contributed by atoms with Gasteiger partial charge in [0.05, 0.1) is 17.9 Å². The average molecular weight is 294 g/mol. The fourth-order valence-corrected chi connectivity index (χ4v) is 2.87. The Morgan fingerprint density at radius 2 is 2.14 bits per heavy atom. The van der Waals surface area contributed by atoms with Crippen molar-refractivity contribution >= 4 is 12.0 Å². The molecule has 1 aromatic rings. The number of nitrogens with one attached hydrogen (secondary N) is 1. The molecule has 2 N–H and O–H groups in total. The first-order valence-electron chi connectivity index (χ1n) is 7.34. The molecular weight excluding hydrogens is 272 g/mol. The SMILES string of the molecule is CCCC1(C(=O)O)CCN(C(=O)NCc2ccoc2)CC1. The number of amides is 2. The van der Waals surface area contributed by atoms with Crippen LogP contribution < -0.4 is 5.32 Å². The van der Waals surface area contributed by atoms with Crippen molar-refractivity contribution < 1.29 is 19.1 Å². The molecule has 2 amide bonds. The number of hydrogen-bond donors (Lipinski definition) is 2. The molecule has 0 radical (unpaired) electrons. The Labute approximate surface area is 124 Å². The lowest BCUT2D eigenvalue weighted by atomic mass is 9.75. The molecule has 0 saturated carbocycles. The van der Waals surface area contributed by atoms with E-state index in [2.05, 4.69) is 5.32 Å². The number of nitrogens with zero attached hydrogens (tertiary/aromatic N) is 1. The standard InChI is InChI=1S/C15H22N2O4/c1-2-4-15(13(18)19)5-7-17(8-6-15)14(20)16-10-12-3-9-21-11-12/h3,9,11H,2,4-8,10H2,1H3,(H,16,20)(H,18,19). The van der Waals surface area contributed by atoms with Gasteiger partial charge in [0.25, 0.3) is 0 Å². The summed E-state index contributed by atoms with van der Waals surface area (Å²) in [6.45, 7) is 3.40. The maximum absolute atomic E-state index is 12.1. The molecule has 1 aromatic heterocycles. The number of carboxylic acids is 1. The fourth-order valence-electron chi connectivity index (χ4n) is 2.87. The highest BCUT2D eigenvalue weighted by molar-refractivity contribution is 5.77. The number of piperidine rings is 1. The summed E-state index contributed by atoms with van der Waals surface area (Å²) in [5.74, 6) is -0.734. The Hall–Kier alpha value is -1.98. The van der Waals surface area contributed by atoms with Gasteiger partial charge in [0.2, 0.25) is 0 Å². The average Bonchev–Trinajstić information content (AvgIpc) is 2.99. The molecule has 1 fully saturated rings. The largest absolute Gasteiger partial charge is 0.481 e. The van der Waals surface area contributed by atoms with Crippen LogP contribution in [-0.4, -0.2) is 35.1 Å². The summed E-state index contributed by atoms with van der Waals surface area (Å²) >= 11 is 0. The molecular formula is C15H22N2O4. The summed E-state index contributed by atoms with van der Waals surface area (Å²) < 4.78 is 4.94. The molecule has 21 heavy (non-hydrogen) atoms. The van der Waals surface area contributed by atoms with Crippen LogP contribution in [0.15, 0.2) is 23.0 Å². The summed E-state index contributed by atoms with van der Waals surface area (Å²) in [5.41, 5.74) is 0.252. The Morgan fingerprint density at radius 3 is 2.67 bits per heavy atom. The third kappa shape index (κ3) is 3.56. The van der Waals surface area contributed by atoms with E-state index >= 15 is 0 Å². The number of hydrogen-bond acceptors (Lipinski definition) is 3. The van der Waals surface area contributed by atoms with Gasteiger partial charge in [-0.3, -0.25) is 4.79 Å². The van der Waals surface area contributed by atoms with Crippen LogP contribution in [0, 0.1) is 5.41 Å². The molecule has 6 heteroatoms. The van der Waals surface area contributed by atoms with E-state index in [1.807, 2.05) is 6.92 Å². The van der Waals surface area contributed by atoms with Crippen LogP contribution in [0.5, 0.6) is 0 Å². The van der Waals surface area contributed by atoms with Crippen LogP contribution in [0.3, 0.4) is 0 Å². The van der Waals surface area contributed by atoms with Crippen LogP contribution in [0.25, 0.3) is 0 Å². The Bertz CT molecular complexity index is 476. The molecule has 0 spiro atoms. The van der Waals surface area contributed by atoms with Crippen molar-refractivity contribution in [3.63, 3.8) is 0 Å². The van der Waals surface area contributed by atoms with Gasteiger partial charge < -0.3 is 19.7 Å². The minimum atomic E-state index is -0.734. The van der Waals surface area contributed by atoms with Gasteiger partial charge in [-0.2, -0.15) is 0 Å². The van der Waals surface area contributed by atoms with E-state index in [9.17, 15) is 14.7 Å². The quantitative estimate of drug-likeness (QED) is 0.874. The second kappa shape index (κ2) is 6.65. The van der Waals surface area contributed by atoms with E-state index in [4.69, 9.17) is 4.42 Å². The summed E-state index contributed by atoms with van der Waals surface area (Å²) in [6.07, 6.45) is 5.72. The third-order valence-corrected chi connectivity index (χ3v) is 4.21. The molecule has 0 unspecified atom stereocenters. The summed E-state index contributed by atoms with van der Waals surface area (Å²) in [7, 11) is 0. The highest BCUT2D eigenvalue weighted by atomic mass is 16.4. The zero-order valence-electron chi connectivity index (χ0n) is 12.3. The van der Waals surface area contributed by atoms with E-state index in [-0.39, 0.29) is 6.03 Å². The molecule has 1 aliphatic rings. The van der Waals surface area contributed by atoms with Crippen molar-refractivity contribution in [3.8, 4) is 0 Å². The number of carboxylic acid groups (broad SMARTS) is 1. The number of likely N-dealkylation sites (tertiary alicyclic amines) is 1. The predicted octanol–water partition coefficient (Wildman–Crippen LogP) is 2.46. The minimum absolute atomic E-state index is 0.147. The van der Waals surface area contributed by atoms with Crippen molar-refractivity contribution in [3.05, 3.63) is 24.2 Å². The van der Waals surface area contributed by atoms with E-state index in [0.29, 0.717) is 38.9 Å². The summed E-state index contributed by atoms with van der Waals surface area (Å²) in [5, 5.41) is 12.3. The first-order valence-corrected chi connectivity index (χ1v) is 7.34. The van der Waals surface area contributed by atoms with Crippen molar-refractivity contribution in [2.24, 2.45) is 5.41 Å². The normalized spacial score (nSPS) is 17.5. The molecule has 0 atom stereocenters. The highest BCUT2D eigenvalue weighted by Crippen LogP contribution is 2.36. The molecule has 1 aliphatic heterocycles. The van der Waals surface area contributed by atoms with Crippen molar-refractivity contribution in [2.75, 3.05) is 13.1 Å². The van der Waals surface area contributed by atoms with Gasteiger partial charge in [-0.05, 0) is 25.3 Å².